The zero-order chi connectivity index (χ0) is 18.3. The van der Waals surface area contributed by atoms with E-state index in [1.165, 1.54) is 0 Å². The van der Waals surface area contributed by atoms with Crippen molar-refractivity contribution >= 4 is 34.7 Å². The summed E-state index contributed by atoms with van der Waals surface area (Å²) in [5.41, 5.74) is 2.10. The highest BCUT2D eigenvalue weighted by Gasteiger charge is 2.47. The molecule has 26 heavy (non-hydrogen) atoms. The molecule has 2 saturated heterocycles. The molecule has 0 spiro atoms. The molecule has 0 saturated carbocycles. The molecule has 0 radical (unpaired) electrons. The van der Waals surface area contributed by atoms with Crippen LogP contribution in [0.5, 0.6) is 11.5 Å². The van der Waals surface area contributed by atoms with Crippen LogP contribution in [0.2, 0.25) is 0 Å². The minimum absolute atomic E-state index is 0.156. The molecular formula is C18H18N4O2S2. The van der Waals surface area contributed by atoms with Gasteiger partial charge in [0.25, 0.3) is 0 Å². The average Bonchev–Trinajstić information content (AvgIpc) is 3.21. The topological polar surface area (TPSA) is 49.0 Å². The standard InChI is InChI=1S/C18H18N4O2S2/c1-23-13-7-3-11(4-8-13)15-19-17(25)22-16(20-18(26)21(15)22)12-5-9-14(24-2)10-6-12/h3-10,15-16H,1-2H3,(H,19,25)(H,20,26)/t15-,16+. The van der Waals surface area contributed by atoms with Crippen LogP contribution in [-0.4, -0.2) is 34.5 Å². The van der Waals surface area contributed by atoms with E-state index in [-0.39, 0.29) is 12.3 Å². The minimum atomic E-state index is -0.156. The molecule has 2 aliphatic rings. The molecule has 4 rings (SSSR count). The van der Waals surface area contributed by atoms with Gasteiger partial charge in [-0.1, -0.05) is 24.3 Å². The molecule has 0 amide bonds. The van der Waals surface area contributed by atoms with E-state index in [0.717, 1.165) is 22.6 Å². The lowest BCUT2D eigenvalue weighted by atomic mass is 10.1. The van der Waals surface area contributed by atoms with Crippen LogP contribution in [0.4, 0.5) is 0 Å². The lowest BCUT2D eigenvalue weighted by Crippen LogP contribution is -2.36. The van der Waals surface area contributed by atoms with E-state index >= 15 is 0 Å². The van der Waals surface area contributed by atoms with Gasteiger partial charge < -0.3 is 20.1 Å². The first kappa shape index (κ1) is 16.9. The molecule has 134 valence electrons. The summed E-state index contributed by atoms with van der Waals surface area (Å²) in [6.07, 6.45) is -0.312. The highest BCUT2D eigenvalue weighted by molar-refractivity contribution is 7.80. The summed E-state index contributed by atoms with van der Waals surface area (Å²) in [4.78, 5) is 0. The monoisotopic (exact) mass is 386 g/mol. The molecule has 0 aromatic heterocycles. The number of hydrogen-bond donors (Lipinski definition) is 2. The fourth-order valence-electron chi connectivity index (χ4n) is 3.19. The summed E-state index contributed by atoms with van der Waals surface area (Å²) in [6.45, 7) is 0. The molecular weight excluding hydrogens is 368 g/mol. The first-order valence-electron chi connectivity index (χ1n) is 8.09. The number of benzene rings is 2. The molecule has 0 aliphatic carbocycles. The van der Waals surface area contributed by atoms with Gasteiger partial charge in [0.15, 0.2) is 10.2 Å². The first-order valence-corrected chi connectivity index (χ1v) is 8.91. The van der Waals surface area contributed by atoms with E-state index in [0.29, 0.717) is 10.2 Å². The zero-order valence-electron chi connectivity index (χ0n) is 14.3. The Labute approximate surface area is 162 Å². The molecule has 2 heterocycles. The maximum atomic E-state index is 5.59. The maximum Gasteiger partial charge on any atom is 0.192 e. The van der Waals surface area contributed by atoms with Crippen LogP contribution in [-0.2, 0) is 0 Å². The summed E-state index contributed by atoms with van der Waals surface area (Å²) in [6, 6.07) is 15.7. The average molecular weight is 387 g/mol. The number of methoxy groups -OCH3 is 2. The Bertz CT molecular complexity index is 770. The van der Waals surface area contributed by atoms with E-state index in [1.807, 2.05) is 58.5 Å². The van der Waals surface area contributed by atoms with Gasteiger partial charge in [0.05, 0.1) is 14.2 Å². The molecule has 2 fully saturated rings. The van der Waals surface area contributed by atoms with Gasteiger partial charge in [-0.05, 0) is 59.8 Å². The number of fused-ring (bicyclic) bond motifs is 1. The largest absolute Gasteiger partial charge is 0.497 e. The molecule has 2 atom stereocenters. The van der Waals surface area contributed by atoms with E-state index in [9.17, 15) is 0 Å². The van der Waals surface area contributed by atoms with Crippen LogP contribution >= 0.6 is 24.4 Å². The molecule has 8 heteroatoms. The molecule has 2 aromatic rings. The van der Waals surface area contributed by atoms with Gasteiger partial charge in [-0.2, -0.15) is 0 Å². The van der Waals surface area contributed by atoms with Gasteiger partial charge in [0, 0.05) is 0 Å². The second-order valence-corrected chi connectivity index (χ2v) is 6.71. The molecule has 2 aromatic carbocycles. The fraction of sp³-hybridized carbons (Fsp3) is 0.222. The Kier molecular flexibility index (Phi) is 4.29. The number of nitrogens with zero attached hydrogens (tertiary/aromatic N) is 2. The maximum absolute atomic E-state index is 5.59. The predicted molar refractivity (Wildman–Crippen MR) is 107 cm³/mol. The SMILES string of the molecule is COc1ccc([C@H]2NC(=S)N3[C@H](c4ccc(OC)cc4)NC(=S)N23)cc1. The Balaban J connectivity index is 1.63. The van der Waals surface area contributed by atoms with Crippen LogP contribution in [0, 0.1) is 0 Å². The van der Waals surface area contributed by atoms with Crippen molar-refractivity contribution in [2.45, 2.75) is 12.3 Å². The van der Waals surface area contributed by atoms with Crippen molar-refractivity contribution in [2.24, 2.45) is 0 Å². The molecule has 0 bridgehead atoms. The van der Waals surface area contributed by atoms with Crippen molar-refractivity contribution in [1.29, 1.82) is 0 Å². The second-order valence-electron chi connectivity index (χ2n) is 5.94. The highest BCUT2D eigenvalue weighted by Crippen LogP contribution is 2.37. The van der Waals surface area contributed by atoms with Crippen molar-refractivity contribution in [3.8, 4) is 11.5 Å². The van der Waals surface area contributed by atoms with E-state index < -0.39 is 0 Å². The van der Waals surface area contributed by atoms with Gasteiger partial charge in [-0.15, -0.1) is 0 Å². The van der Waals surface area contributed by atoms with Crippen LogP contribution in [0.3, 0.4) is 0 Å². The summed E-state index contributed by atoms with van der Waals surface area (Å²) in [5, 5.41) is 11.9. The lowest BCUT2D eigenvalue weighted by molar-refractivity contribution is 0.114. The van der Waals surface area contributed by atoms with Crippen molar-refractivity contribution in [2.75, 3.05) is 14.2 Å². The molecule has 0 unspecified atom stereocenters. The highest BCUT2D eigenvalue weighted by atomic mass is 32.1. The predicted octanol–water partition coefficient (Wildman–Crippen LogP) is 2.70. The number of hydrogen-bond acceptors (Lipinski definition) is 4. The van der Waals surface area contributed by atoms with Gasteiger partial charge >= 0.3 is 0 Å². The summed E-state index contributed by atoms with van der Waals surface area (Å²) in [7, 11) is 3.30. The summed E-state index contributed by atoms with van der Waals surface area (Å²) >= 11 is 11.2. The number of hydrazine groups is 1. The number of rotatable bonds is 4. The van der Waals surface area contributed by atoms with Crippen molar-refractivity contribution in [1.82, 2.24) is 20.7 Å². The van der Waals surface area contributed by atoms with Crippen LogP contribution in [0.15, 0.2) is 48.5 Å². The number of ether oxygens (including phenoxy) is 2. The van der Waals surface area contributed by atoms with E-state index in [4.69, 9.17) is 33.9 Å². The van der Waals surface area contributed by atoms with Crippen molar-refractivity contribution < 1.29 is 9.47 Å². The smallest absolute Gasteiger partial charge is 0.192 e. The van der Waals surface area contributed by atoms with E-state index in [2.05, 4.69) is 10.6 Å². The minimum Gasteiger partial charge on any atom is -0.497 e. The first-order chi connectivity index (χ1) is 12.6. The third kappa shape index (κ3) is 2.71. The molecule has 2 N–H and O–H groups in total. The molecule has 6 nitrogen and oxygen atoms in total. The second kappa shape index (κ2) is 6.62. The summed E-state index contributed by atoms with van der Waals surface area (Å²) < 4.78 is 10.5. The van der Waals surface area contributed by atoms with E-state index in [1.54, 1.807) is 14.2 Å². The fourth-order valence-corrected chi connectivity index (χ4v) is 3.80. The van der Waals surface area contributed by atoms with Crippen LogP contribution in [0.25, 0.3) is 0 Å². The Morgan fingerprint density at radius 2 is 1.04 bits per heavy atom. The third-order valence-corrected chi connectivity index (χ3v) is 5.13. The third-order valence-electron chi connectivity index (χ3n) is 4.52. The lowest BCUT2D eigenvalue weighted by Gasteiger charge is -2.26. The number of nitrogens with one attached hydrogen (secondary N) is 2. The van der Waals surface area contributed by atoms with Gasteiger partial charge in [0.1, 0.15) is 23.8 Å². The van der Waals surface area contributed by atoms with Gasteiger partial charge in [0.2, 0.25) is 0 Å². The van der Waals surface area contributed by atoms with Crippen molar-refractivity contribution in [3.63, 3.8) is 0 Å². The molecule has 2 aliphatic heterocycles. The Hall–Kier alpha value is -2.58. The normalized spacial score (nSPS) is 21.3. The van der Waals surface area contributed by atoms with Crippen LogP contribution in [0.1, 0.15) is 23.5 Å². The Morgan fingerprint density at radius 1 is 0.692 bits per heavy atom. The zero-order valence-corrected chi connectivity index (χ0v) is 15.9. The van der Waals surface area contributed by atoms with Gasteiger partial charge in [-0.25, -0.2) is 10.0 Å². The van der Waals surface area contributed by atoms with Crippen LogP contribution < -0.4 is 20.1 Å². The quantitative estimate of drug-likeness (QED) is 0.778. The Morgan fingerprint density at radius 3 is 1.35 bits per heavy atom. The van der Waals surface area contributed by atoms with Crippen molar-refractivity contribution in [3.05, 3.63) is 59.7 Å². The van der Waals surface area contributed by atoms with Gasteiger partial charge in [-0.3, -0.25) is 0 Å². The summed E-state index contributed by atoms with van der Waals surface area (Å²) in [5.74, 6) is 1.62. The number of thiocarbonyl (C=S) groups is 2.